The first-order valence-electron chi connectivity index (χ1n) is 9.25. The maximum absolute atomic E-state index is 3.60. The molecular formula is C23H25N3. The van der Waals surface area contributed by atoms with Crippen LogP contribution in [0.25, 0.3) is 11.1 Å². The topological polar surface area (TPSA) is 18.5 Å². The minimum Gasteiger partial charge on any atom is -0.367 e. The Morgan fingerprint density at radius 3 is 2.00 bits per heavy atom. The SMILES string of the molecule is CN1CCN(c2ccccc2Nc2ccc(-c3ccccc3)cc2)CC1. The molecule has 1 aliphatic rings. The molecule has 0 radical (unpaired) electrons. The minimum atomic E-state index is 1.07. The standard InChI is InChI=1S/C23H25N3/c1-25-15-17-26(18-16-25)23-10-6-5-9-22(23)24-21-13-11-20(12-14-21)19-7-3-2-4-8-19/h2-14,24H,15-18H2,1H3. The zero-order valence-corrected chi connectivity index (χ0v) is 15.2. The Morgan fingerprint density at radius 1 is 0.654 bits per heavy atom. The van der Waals surface area contributed by atoms with Crippen LogP contribution in [0.5, 0.6) is 0 Å². The third-order valence-electron chi connectivity index (χ3n) is 5.02. The summed E-state index contributed by atoms with van der Waals surface area (Å²) in [6, 6.07) is 27.8. The number of anilines is 3. The van der Waals surface area contributed by atoms with E-state index in [2.05, 4.69) is 101 Å². The fourth-order valence-corrected chi connectivity index (χ4v) is 3.43. The smallest absolute Gasteiger partial charge is 0.0622 e. The third kappa shape index (κ3) is 3.73. The normalized spacial score (nSPS) is 15.0. The molecule has 0 unspecified atom stereocenters. The van der Waals surface area contributed by atoms with E-state index in [0.717, 1.165) is 31.9 Å². The van der Waals surface area contributed by atoms with Crippen LogP contribution in [0.1, 0.15) is 0 Å². The molecule has 0 saturated carbocycles. The third-order valence-corrected chi connectivity index (χ3v) is 5.02. The van der Waals surface area contributed by atoms with E-state index in [9.17, 15) is 0 Å². The van der Waals surface area contributed by atoms with Crippen LogP contribution in [0.4, 0.5) is 17.1 Å². The number of hydrogen-bond acceptors (Lipinski definition) is 3. The molecule has 0 aromatic heterocycles. The Kier molecular flexibility index (Phi) is 4.89. The van der Waals surface area contributed by atoms with Crippen LogP contribution in [-0.4, -0.2) is 38.1 Å². The second-order valence-corrected chi connectivity index (χ2v) is 6.88. The van der Waals surface area contributed by atoms with Gasteiger partial charge >= 0.3 is 0 Å². The van der Waals surface area contributed by atoms with Gasteiger partial charge < -0.3 is 15.1 Å². The van der Waals surface area contributed by atoms with Crippen LogP contribution in [0.3, 0.4) is 0 Å². The molecule has 1 N–H and O–H groups in total. The molecule has 1 aliphatic heterocycles. The Bertz CT molecular complexity index is 835. The number of para-hydroxylation sites is 2. The van der Waals surface area contributed by atoms with Gasteiger partial charge in [-0.1, -0.05) is 54.6 Å². The lowest BCUT2D eigenvalue weighted by molar-refractivity contribution is 0.313. The van der Waals surface area contributed by atoms with Crippen LogP contribution in [0.2, 0.25) is 0 Å². The van der Waals surface area contributed by atoms with Crippen LogP contribution in [-0.2, 0) is 0 Å². The van der Waals surface area contributed by atoms with Crippen LogP contribution in [0, 0.1) is 0 Å². The van der Waals surface area contributed by atoms with Crippen molar-refractivity contribution >= 4 is 17.1 Å². The zero-order valence-electron chi connectivity index (χ0n) is 15.2. The highest BCUT2D eigenvalue weighted by atomic mass is 15.3. The number of benzene rings is 3. The van der Waals surface area contributed by atoms with Crippen molar-refractivity contribution < 1.29 is 0 Å². The predicted octanol–water partition coefficient (Wildman–Crippen LogP) is 4.85. The molecule has 3 aromatic rings. The highest BCUT2D eigenvalue weighted by Gasteiger charge is 2.16. The Labute approximate surface area is 155 Å². The average Bonchev–Trinajstić information content (AvgIpc) is 2.70. The van der Waals surface area contributed by atoms with Gasteiger partial charge in [0.25, 0.3) is 0 Å². The highest BCUT2D eigenvalue weighted by Crippen LogP contribution is 2.30. The predicted molar refractivity (Wildman–Crippen MR) is 111 cm³/mol. The molecule has 0 spiro atoms. The first-order chi connectivity index (χ1) is 12.8. The summed E-state index contributed by atoms with van der Waals surface area (Å²) in [4.78, 5) is 4.86. The largest absolute Gasteiger partial charge is 0.367 e. The summed E-state index contributed by atoms with van der Waals surface area (Å²) < 4.78 is 0. The molecule has 1 fully saturated rings. The summed E-state index contributed by atoms with van der Waals surface area (Å²) >= 11 is 0. The van der Waals surface area contributed by atoms with Gasteiger partial charge in [-0.15, -0.1) is 0 Å². The van der Waals surface area contributed by atoms with Gasteiger partial charge in [-0.2, -0.15) is 0 Å². The molecule has 1 heterocycles. The van der Waals surface area contributed by atoms with Gasteiger partial charge in [0, 0.05) is 31.9 Å². The van der Waals surface area contributed by atoms with Crippen molar-refractivity contribution in [2.45, 2.75) is 0 Å². The number of likely N-dealkylation sites (N-methyl/N-ethyl adjacent to an activating group) is 1. The van der Waals surface area contributed by atoms with Gasteiger partial charge in [0.15, 0.2) is 0 Å². The van der Waals surface area contributed by atoms with Crippen LogP contribution >= 0.6 is 0 Å². The molecule has 0 aliphatic carbocycles. The average molecular weight is 343 g/mol. The van der Waals surface area contributed by atoms with E-state index in [0.29, 0.717) is 0 Å². The van der Waals surface area contributed by atoms with Gasteiger partial charge in [-0.3, -0.25) is 0 Å². The summed E-state index contributed by atoms with van der Waals surface area (Å²) in [6.07, 6.45) is 0. The molecule has 0 amide bonds. The molecule has 4 rings (SSSR count). The van der Waals surface area contributed by atoms with Crippen molar-refractivity contribution in [2.24, 2.45) is 0 Å². The molecule has 0 bridgehead atoms. The van der Waals surface area contributed by atoms with Crippen molar-refractivity contribution in [1.29, 1.82) is 0 Å². The number of piperazine rings is 1. The van der Waals surface area contributed by atoms with Crippen molar-refractivity contribution in [3.8, 4) is 11.1 Å². The first kappa shape index (κ1) is 16.7. The second kappa shape index (κ2) is 7.63. The lowest BCUT2D eigenvalue weighted by Crippen LogP contribution is -2.44. The van der Waals surface area contributed by atoms with E-state index in [1.54, 1.807) is 0 Å². The highest BCUT2D eigenvalue weighted by molar-refractivity contribution is 5.76. The van der Waals surface area contributed by atoms with Crippen molar-refractivity contribution in [1.82, 2.24) is 4.90 Å². The Hall–Kier alpha value is -2.78. The first-order valence-corrected chi connectivity index (χ1v) is 9.25. The van der Waals surface area contributed by atoms with Crippen molar-refractivity contribution in [3.05, 3.63) is 78.9 Å². The summed E-state index contributed by atoms with van der Waals surface area (Å²) in [6.45, 7) is 4.37. The quantitative estimate of drug-likeness (QED) is 0.730. The molecule has 132 valence electrons. The van der Waals surface area contributed by atoms with Crippen LogP contribution < -0.4 is 10.2 Å². The molecule has 3 heteroatoms. The van der Waals surface area contributed by atoms with E-state index in [1.165, 1.54) is 22.5 Å². The lowest BCUT2D eigenvalue weighted by Gasteiger charge is -2.35. The number of nitrogens with zero attached hydrogens (tertiary/aromatic N) is 2. The van der Waals surface area contributed by atoms with Gasteiger partial charge in [-0.25, -0.2) is 0 Å². The summed E-state index contributed by atoms with van der Waals surface area (Å²) in [7, 11) is 2.19. The van der Waals surface area contributed by atoms with Crippen molar-refractivity contribution in [3.63, 3.8) is 0 Å². The number of nitrogens with one attached hydrogen (secondary N) is 1. The number of rotatable bonds is 4. The molecular weight excluding hydrogens is 318 g/mol. The Morgan fingerprint density at radius 2 is 1.27 bits per heavy atom. The maximum Gasteiger partial charge on any atom is 0.0622 e. The molecule has 0 atom stereocenters. The van der Waals surface area contributed by atoms with Gasteiger partial charge in [0.05, 0.1) is 11.4 Å². The monoisotopic (exact) mass is 343 g/mol. The van der Waals surface area contributed by atoms with Crippen LogP contribution in [0.15, 0.2) is 78.9 Å². The second-order valence-electron chi connectivity index (χ2n) is 6.88. The van der Waals surface area contributed by atoms with Crippen molar-refractivity contribution in [2.75, 3.05) is 43.4 Å². The Balaban J connectivity index is 1.52. The van der Waals surface area contributed by atoms with E-state index < -0.39 is 0 Å². The maximum atomic E-state index is 3.60. The fourth-order valence-electron chi connectivity index (χ4n) is 3.43. The van der Waals surface area contributed by atoms with Gasteiger partial charge in [0.1, 0.15) is 0 Å². The van der Waals surface area contributed by atoms with E-state index in [4.69, 9.17) is 0 Å². The minimum absolute atomic E-state index is 1.07. The molecule has 3 aromatic carbocycles. The van der Waals surface area contributed by atoms with E-state index in [1.807, 2.05) is 0 Å². The molecule has 3 nitrogen and oxygen atoms in total. The fraction of sp³-hybridized carbons (Fsp3) is 0.217. The van der Waals surface area contributed by atoms with Gasteiger partial charge in [0.2, 0.25) is 0 Å². The summed E-state index contributed by atoms with van der Waals surface area (Å²) in [5, 5.41) is 3.60. The molecule has 26 heavy (non-hydrogen) atoms. The zero-order chi connectivity index (χ0) is 17.8. The lowest BCUT2D eigenvalue weighted by atomic mass is 10.1. The molecule has 1 saturated heterocycles. The summed E-state index contributed by atoms with van der Waals surface area (Å²) in [5.41, 5.74) is 6.06. The van der Waals surface area contributed by atoms with Gasteiger partial charge in [-0.05, 0) is 42.4 Å². The van der Waals surface area contributed by atoms with E-state index >= 15 is 0 Å². The summed E-state index contributed by atoms with van der Waals surface area (Å²) in [5.74, 6) is 0. The number of hydrogen-bond donors (Lipinski definition) is 1. The van der Waals surface area contributed by atoms with E-state index in [-0.39, 0.29) is 0 Å².